The molecule has 1 atom stereocenters. The van der Waals surface area contributed by atoms with Crippen molar-refractivity contribution in [1.82, 2.24) is 4.90 Å². The molecule has 0 heterocycles. The Balaban J connectivity index is 4.07. The molecule has 0 saturated carbocycles. The minimum Gasteiger partial charge on any atom is -0.444 e. The van der Waals surface area contributed by atoms with E-state index in [-0.39, 0.29) is 12.6 Å². The maximum Gasteiger partial charge on any atom is 0.411 e. The van der Waals surface area contributed by atoms with Gasteiger partial charge in [-0.1, -0.05) is 18.3 Å². The molecule has 0 aliphatic rings. The Labute approximate surface area is 122 Å². The third-order valence-electron chi connectivity index (χ3n) is 2.53. The number of unbranched alkanes of at least 4 members (excludes halogenated alkanes) is 2. The molecular formula is C16H25NO3. The van der Waals surface area contributed by atoms with Crippen LogP contribution in [0.5, 0.6) is 0 Å². The highest BCUT2D eigenvalue weighted by Gasteiger charge is 2.21. The summed E-state index contributed by atoms with van der Waals surface area (Å²) in [6.45, 7) is 6.24. The van der Waals surface area contributed by atoms with Gasteiger partial charge in [0.2, 0.25) is 0 Å². The van der Waals surface area contributed by atoms with Crippen molar-refractivity contribution in [3.63, 3.8) is 0 Å². The fourth-order valence-electron chi connectivity index (χ4n) is 1.57. The zero-order valence-electron chi connectivity index (χ0n) is 12.7. The molecule has 4 heteroatoms. The number of carbonyl (C=O) groups is 1. The topological polar surface area (TPSA) is 49.8 Å². The maximum absolute atomic E-state index is 11.9. The van der Waals surface area contributed by atoms with Gasteiger partial charge in [0.05, 0.1) is 6.54 Å². The second-order valence-electron chi connectivity index (χ2n) is 5.64. The van der Waals surface area contributed by atoms with Gasteiger partial charge >= 0.3 is 6.09 Å². The van der Waals surface area contributed by atoms with Crippen molar-refractivity contribution in [3.05, 3.63) is 0 Å². The van der Waals surface area contributed by atoms with Gasteiger partial charge in [-0.2, -0.15) is 0 Å². The number of aliphatic hydroxyl groups excluding tert-OH is 1. The summed E-state index contributed by atoms with van der Waals surface area (Å²) in [7, 11) is 0. The fraction of sp³-hybridized carbons (Fsp3) is 0.688. The summed E-state index contributed by atoms with van der Waals surface area (Å²) < 4.78 is 5.29. The van der Waals surface area contributed by atoms with Crippen molar-refractivity contribution < 1.29 is 14.6 Å². The Morgan fingerprint density at radius 1 is 1.30 bits per heavy atom. The van der Waals surface area contributed by atoms with Crippen LogP contribution in [-0.2, 0) is 4.74 Å². The third-order valence-corrected chi connectivity index (χ3v) is 2.53. The minimum absolute atomic E-state index is 0.238. The fourth-order valence-corrected chi connectivity index (χ4v) is 1.57. The standard InChI is InChI=1S/C16H25NO3/c1-6-12-17(15(19)20-16(3,4)5)13-10-8-9-11-14(18)7-2/h1-2,14,18H,8-13H2,3-5H3. The van der Waals surface area contributed by atoms with E-state index in [0.29, 0.717) is 13.0 Å². The van der Waals surface area contributed by atoms with Gasteiger partial charge in [-0.15, -0.1) is 12.8 Å². The van der Waals surface area contributed by atoms with Crippen LogP contribution in [-0.4, -0.2) is 40.9 Å². The first-order valence-electron chi connectivity index (χ1n) is 6.85. The molecule has 0 saturated heterocycles. The van der Waals surface area contributed by atoms with E-state index in [2.05, 4.69) is 11.8 Å². The van der Waals surface area contributed by atoms with E-state index in [1.54, 1.807) is 0 Å². The number of amides is 1. The number of hydrogen-bond acceptors (Lipinski definition) is 3. The zero-order chi connectivity index (χ0) is 15.6. The second-order valence-corrected chi connectivity index (χ2v) is 5.64. The van der Waals surface area contributed by atoms with Crippen LogP contribution in [0.15, 0.2) is 0 Å². The van der Waals surface area contributed by atoms with Crippen LogP contribution in [0.25, 0.3) is 0 Å². The lowest BCUT2D eigenvalue weighted by atomic mass is 10.1. The van der Waals surface area contributed by atoms with E-state index >= 15 is 0 Å². The molecule has 0 aromatic heterocycles. The van der Waals surface area contributed by atoms with Gasteiger partial charge in [-0.05, 0) is 40.0 Å². The van der Waals surface area contributed by atoms with Crippen LogP contribution in [0.2, 0.25) is 0 Å². The molecule has 0 aliphatic carbocycles. The molecule has 112 valence electrons. The number of nitrogens with zero attached hydrogens (tertiary/aromatic N) is 1. The van der Waals surface area contributed by atoms with Gasteiger partial charge in [0.15, 0.2) is 0 Å². The third kappa shape index (κ3) is 9.30. The Morgan fingerprint density at radius 3 is 2.45 bits per heavy atom. The summed E-state index contributed by atoms with van der Waals surface area (Å²) >= 11 is 0. The highest BCUT2D eigenvalue weighted by Crippen LogP contribution is 2.11. The van der Waals surface area contributed by atoms with Crippen molar-refractivity contribution in [2.45, 2.75) is 58.2 Å². The van der Waals surface area contributed by atoms with E-state index in [1.807, 2.05) is 20.8 Å². The molecule has 0 aliphatic heterocycles. The minimum atomic E-state index is -0.678. The number of aliphatic hydroxyl groups is 1. The van der Waals surface area contributed by atoms with Crippen LogP contribution in [0.3, 0.4) is 0 Å². The predicted octanol–water partition coefficient (Wildman–Crippen LogP) is 2.41. The van der Waals surface area contributed by atoms with Crippen LogP contribution in [0.1, 0.15) is 46.5 Å². The average molecular weight is 279 g/mol. The Kier molecular flexibility index (Phi) is 8.52. The Hall–Kier alpha value is -1.65. The number of carbonyl (C=O) groups excluding carboxylic acids is 1. The van der Waals surface area contributed by atoms with Gasteiger partial charge < -0.3 is 9.84 Å². The van der Waals surface area contributed by atoms with Crippen LogP contribution in [0, 0.1) is 24.7 Å². The van der Waals surface area contributed by atoms with Gasteiger partial charge in [0, 0.05) is 6.54 Å². The van der Waals surface area contributed by atoms with Crippen LogP contribution >= 0.6 is 0 Å². The van der Waals surface area contributed by atoms with Crippen molar-refractivity contribution in [2.24, 2.45) is 0 Å². The molecule has 1 amide bonds. The highest BCUT2D eigenvalue weighted by molar-refractivity contribution is 5.68. The molecule has 0 bridgehead atoms. The van der Waals surface area contributed by atoms with Gasteiger partial charge in [-0.3, -0.25) is 4.90 Å². The lowest BCUT2D eigenvalue weighted by Crippen LogP contribution is -2.37. The molecular weight excluding hydrogens is 254 g/mol. The molecule has 1 N–H and O–H groups in total. The van der Waals surface area contributed by atoms with E-state index < -0.39 is 11.7 Å². The van der Waals surface area contributed by atoms with E-state index in [1.165, 1.54) is 4.90 Å². The van der Waals surface area contributed by atoms with Crippen molar-refractivity contribution >= 4 is 6.09 Å². The first-order valence-corrected chi connectivity index (χ1v) is 6.85. The first kappa shape index (κ1) is 18.4. The van der Waals surface area contributed by atoms with Gasteiger partial charge in [0.25, 0.3) is 0 Å². The summed E-state index contributed by atoms with van der Waals surface area (Å²) in [5.74, 6) is 4.73. The van der Waals surface area contributed by atoms with E-state index in [4.69, 9.17) is 17.6 Å². The summed E-state index contributed by atoms with van der Waals surface area (Å²) in [5.41, 5.74) is -0.527. The molecule has 0 spiro atoms. The first-order chi connectivity index (χ1) is 9.30. The van der Waals surface area contributed by atoms with E-state index in [9.17, 15) is 9.90 Å². The summed E-state index contributed by atoms with van der Waals surface area (Å²) in [5, 5.41) is 9.22. The smallest absolute Gasteiger partial charge is 0.411 e. The largest absolute Gasteiger partial charge is 0.444 e. The summed E-state index contributed by atoms with van der Waals surface area (Å²) in [6.07, 6.45) is 12.4. The molecule has 0 aromatic rings. The highest BCUT2D eigenvalue weighted by atomic mass is 16.6. The normalized spacial score (nSPS) is 12.1. The van der Waals surface area contributed by atoms with E-state index in [0.717, 1.165) is 19.3 Å². The van der Waals surface area contributed by atoms with Gasteiger partial charge in [0.1, 0.15) is 11.7 Å². The molecule has 0 fully saturated rings. The monoisotopic (exact) mass is 279 g/mol. The molecule has 0 rings (SSSR count). The van der Waals surface area contributed by atoms with Crippen LogP contribution < -0.4 is 0 Å². The van der Waals surface area contributed by atoms with Crippen molar-refractivity contribution in [3.8, 4) is 24.7 Å². The molecule has 0 radical (unpaired) electrons. The Morgan fingerprint density at radius 2 is 1.95 bits per heavy atom. The lowest BCUT2D eigenvalue weighted by Gasteiger charge is -2.26. The number of ether oxygens (including phenoxy) is 1. The Bertz CT molecular complexity index is 371. The second kappa shape index (κ2) is 9.28. The summed E-state index contributed by atoms with van der Waals surface area (Å²) in [4.78, 5) is 13.4. The summed E-state index contributed by atoms with van der Waals surface area (Å²) in [6, 6.07) is 0. The number of rotatable bonds is 7. The molecule has 20 heavy (non-hydrogen) atoms. The van der Waals surface area contributed by atoms with Crippen molar-refractivity contribution in [1.29, 1.82) is 0 Å². The number of terminal acetylenes is 2. The number of hydrogen-bond donors (Lipinski definition) is 1. The predicted molar refractivity (Wildman–Crippen MR) is 79.9 cm³/mol. The molecule has 4 nitrogen and oxygen atoms in total. The van der Waals surface area contributed by atoms with Gasteiger partial charge in [-0.25, -0.2) is 4.79 Å². The van der Waals surface area contributed by atoms with Crippen LogP contribution in [0.4, 0.5) is 4.79 Å². The molecule has 1 unspecified atom stereocenters. The quantitative estimate of drug-likeness (QED) is 0.575. The SMILES string of the molecule is C#CCN(CCCCCC(O)C#C)C(=O)OC(C)(C)C. The molecule has 0 aromatic carbocycles. The average Bonchev–Trinajstić information content (AvgIpc) is 2.34. The van der Waals surface area contributed by atoms with Crippen molar-refractivity contribution in [2.75, 3.05) is 13.1 Å². The maximum atomic E-state index is 11.9. The lowest BCUT2D eigenvalue weighted by molar-refractivity contribution is 0.0272. The zero-order valence-corrected chi connectivity index (χ0v) is 12.7.